The molecule has 1 saturated heterocycles. The zero-order valence-electron chi connectivity index (χ0n) is 8.92. The van der Waals surface area contributed by atoms with Crippen LogP contribution in [-0.2, 0) is 4.79 Å². The van der Waals surface area contributed by atoms with Crippen molar-refractivity contribution in [2.75, 3.05) is 33.2 Å². The third-order valence-electron chi connectivity index (χ3n) is 2.48. The highest BCUT2D eigenvalue weighted by Gasteiger charge is 2.26. The van der Waals surface area contributed by atoms with E-state index < -0.39 is 0 Å². The van der Waals surface area contributed by atoms with Crippen LogP contribution in [0.25, 0.3) is 0 Å². The van der Waals surface area contributed by atoms with Crippen molar-refractivity contribution >= 4 is 5.91 Å². The number of nitrogens with one attached hydrogen (secondary N) is 2. The highest BCUT2D eigenvalue weighted by Crippen LogP contribution is 2.03. The van der Waals surface area contributed by atoms with Gasteiger partial charge in [0.1, 0.15) is 6.04 Å². The third-order valence-corrected chi connectivity index (χ3v) is 2.48. The number of rotatable bonds is 3. The zero-order valence-corrected chi connectivity index (χ0v) is 8.92. The molecule has 1 rings (SSSR count). The highest BCUT2D eigenvalue weighted by molar-refractivity contribution is 5.81. The van der Waals surface area contributed by atoms with Crippen molar-refractivity contribution in [1.82, 2.24) is 15.5 Å². The molecule has 1 atom stereocenters. The van der Waals surface area contributed by atoms with Crippen molar-refractivity contribution in [3.8, 4) is 0 Å². The zero-order chi connectivity index (χ0) is 10.4. The lowest BCUT2D eigenvalue weighted by molar-refractivity contribution is -0.126. The fraction of sp³-hybridized carbons (Fsp3) is 0.700. The third kappa shape index (κ3) is 2.82. The predicted octanol–water partition coefficient (Wildman–Crippen LogP) is -0.418. The fourth-order valence-electron chi connectivity index (χ4n) is 1.63. The molecule has 1 fully saturated rings. The van der Waals surface area contributed by atoms with Gasteiger partial charge in [0.2, 0.25) is 5.91 Å². The molecule has 2 N–H and O–H groups in total. The molecule has 1 amide bonds. The molecule has 1 unspecified atom stereocenters. The van der Waals surface area contributed by atoms with E-state index in [9.17, 15) is 4.79 Å². The first-order chi connectivity index (χ1) is 6.79. The van der Waals surface area contributed by atoms with Crippen molar-refractivity contribution in [3.63, 3.8) is 0 Å². The molecule has 1 aliphatic heterocycles. The van der Waals surface area contributed by atoms with Crippen LogP contribution in [0.3, 0.4) is 0 Å². The second-order valence-corrected chi connectivity index (χ2v) is 3.40. The number of hydrogen-bond acceptors (Lipinski definition) is 3. The standard InChI is InChI=1S/C10H19N3O/c1-3-4-6-13-7-5-12-8-9(13)10(14)11-2/h3-4,9,12H,5-8H2,1-2H3,(H,11,14). The van der Waals surface area contributed by atoms with Crippen LogP contribution in [0.5, 0.6) is 0 Å². The molecule has 0 aromatic carbocycles. The lowest BCUT2D eigenvalue weighted by Gasteiger charge is -2.33. The summed E-state index contributed by atoms with van der Waals surface area (Å²) in [5.74, 6) is 0.0988. The van der Waals surface area contributed by atoms with Crippen molar-refractivity contribution in [2.24, 2.45) is 0 Å². The highest BCUT2D eigenvalue weighted by atomic mass is 16.2. The van der Waals surface area contributed by atoms with Crippen LogP contribution in [0.4, 0.5) is 0 Å². The van der Waals surface area contributed by atoms with Crippen LogP contribution < -0.4 is 10.6 Å². The van der Waals surface area contributed by atoms with E-state index in [4.69, 9.17) is 0 Å². The van der Waals surface area contributed by atoms with E-state index in [0.717, 1.165) is 26.2 Å². The summed E-state index contributed by atoms with van der Waals surface area (Å²) in [6.07, 6.45) is 4.10. The van der Waals surface area contributed by atoms with E-state index in [1.165, 1.54) is 0 Å². The lowest BCUT2D eigenvalue weighted by Crippen LogP contribution is -2.57. The summed E-state index contributed by atoms with van der Waals surface area (Å²) in [5, 5.41) is 5.93. The second kappa shape index (κ2) is 5.78. The van der Waals surface area contributed by atoms with Crippen molar-refractivity contribution in [1.29, 1.82) is 0 Å². The Balaban J connectivity index is 2.54. The minimum atomic E-state index is -0.0232. The Morgan fingerprint density at radius 3 is 3.14 bits per heavy atom. The van der Waals surface area contributed by atoms with E-state index >= 15 is 0 Å². The quantitative estimate of drug-likeness (QED) is 0.604. The van der Waals surface area contributed by atoms with Crippen LogP contribution in [0.15, 0.2) is 12.2 Å². The Bertz CT molecular complexity index is 215. The number of likely N-dealkylation sites (N-methyl/N-ethyl adjacent to an activating group) is 1. The molecule has 0 aromatic heterocycles. The molecular weight excluding hydrogens is 178 g/mol. The average Bonchev–Trinajstić information content (AvgIpc) is 2.25. The number of allylic oxidation sites excluding steroid dienone is 1. The number of hydrogen-bond donors (Lipinski definition) is 2. The van der Waals surface area contributed by atoms with Gasteiger partial charge in [0, 0.05) is 33.2 Å². The topological polar surface area (TPSA) is 44.4 Å². The van der Waals surface area contributed by atoms with E-state index in [1.54, 1.807) is 7.05 Å². The first-order valence-corrected chi connectivity index (χ1v) is 5.07. The minimum absolute atomic E-state index is 0.0232. The maximum absolute atomic E-state index is 11.5. The van der Waals surface area contributed by atoms with Crippen LogP contribution in [0, 0.1) is 0 Å². The Kier molecular flexibility index (Phi) is 4.62. The molecule has 0 saturated carbocycles. The predicted molar refractivity (Wildman–Crippen MR) is 57.1 cm³/mol. The molecule has 4 nitrogen and oxygen atoms in total. The normalized spacial score (nSPS) is 24.0. The summed E-state index contributed by atoms with van der Waals surface area (Å²) in [7, 11) is 1.69. The van der Waals surface area contributed by atoms with Gasteiger partial charge in [-0.1, -0.05) is 12.2 Å². The fourth-order valence-corrected chi connectivity index (χ4v) is 1.63. The van der Waals surface area contributed by atoms with Gasteiger partial charge in [-0.2, -0.15) is 0 Å². The number of amides is 1. The lowest BCUT2D eigenvalue weighted by atomic mass is 10.1. The summed E-state index contributed by atoms with van der Waals surface area (Å²) in [4.78, 5) is 13.7. The van der Waals surface area contributed by atoms with Crippen LogP contribution >= 0.6 is 0 Å². The smallest absolute Gasteiger partial charge is 0.238 e. The summed E-state index contributed by atoms with van der Waals surface area (Å²) in [6, 6.07) is -0.0232. The van der Waals surface area contributed by atoms with Gasteiger partial charge in [0.15, 0.2) is 0 Å². The van der Waals surface area contributed by atoms with E-state index in [-0.39, 0.29) is 11.9 Å². The molecule has 80 valence electrons. The molecule has 1 aliphatic rings. The second-order valence-electron chi connectivity index (χ2n) is 3.40. The molecule has 0 radical (unpaired) electrons. The SMILES string of the molecule is CC=CCN1CCNCC1C(=O)NC. The van der Waals surface area contributed by atoms with Crippen LogP contribution in [-0.4, -0.2) is 50.1 Å². The Hall–Kier alpha value is -0.870. The van der Waals surface area contributed by atoms with E-state index in [2.05, 4.69) is 21.6 Å². The minimum Gasteiger partial charge on any atom is -0.358 e. The largest absolute Gasteiger partial charge is 0.358 e. The van der Waals surface area contributed by atoms with Gasteiger partial charge in [-0.3, -0.25) is 9.69 Å². The van der Waals surface area contributed by atoms with Gasteiger partial charge in [-0.25, -0.2) is 0 Å². The Labute approximate surface area is 85.3 Å². The van der Waals surface area contributed by atoms with Gasteiger partial charge in [0.25, 0.3) is 0 Å². The summed E-state index contributed by atoms with van der Waals surface area (Å²) in [5.41, 5.74) is 0. The Morgan fingerprint density at radius 1 is 1.71 bits per heavy atom. The van der Waals surface area contributed by atoms with E-state index in [1.807, 2.05) is 13.0 Å². The van der Waals surface area contributed by atoms with Gasteiger partial charge in [-0.05, 0) is 6.92 Å². The first-order valence-electron chi connectivity index (χ1n) is 5.07. The molecule has 1 heterocycles. The van der Waals surface area contributed by atoms with Gasteiger partial charge in [0.05, 0.1) is 0 Å². The number of nitrogens with zero attached hydrogens (tertiary/aromatic N) is 1. The first kappa shape index (κ1) is 11.2. The van der Waals surface area contributed by atoms with Crippen molar-refractivity contribution < 1.29 is 4.79 Å². The molecular formula is C10H19N3O. The Morgan fingerprint density at radius 2 is 2.50 bits per heavy atom. The van der Waals surface area contributed by atoms with Gasteiger partial charge >= 0.3 is 0 Å². The number of carbonyl (C=O) groups excluding carboxylic acids is 1. The van der Waals surface area contributed by atoms with Crippen molar-refractivity contribution in [3.05, 3.63) is 12.2 Å². The number of piperazine rings is 1. The maximum atomic E-state index is 11.5. The van der Waals surface area contributed by atoms with Crippen LogP contribution in [0.1, 0.15) is 6.92 Å². The summed E-state index contributed by atoms with van der Waals surface area (Å²) < 4.78 is 0. The average molecular weight is 197 g/mol. The van der Waals surface area contributed by atoms with Gasteiger partial charge in [-0.15, -0.1) is 0 Å². The monoisotopic (exact) mass is 197 g/mol. The molecule has 14 heavy (non-hydrogen) atoms. The molecule has 0 bridgehead atoms. The maximum Gasteiger partial charge on any atom is 0.238 e. The molecule has 4 heteroatoms. The summed E-state index contributed by atoms with van der Waals surface area (Å²) in [6.45, 7) is 5.50. The summed E-state index contributed by atoms with van der Waals surface area (Å²) >= 11 is 0. The van der Waals surface area contributed by atoms with E-state index in [0.29, 0.717) is 0 Å². The van der Waals surface area contributed by atoms with Crippen LogP contribution in [0.2, 0.25) is 0 Å². The molecule has 0 aliphatic carbocycles. The molecule has 0 aromatic rings. The number of carbonyl (C=O) groups is 1. The van der Waals surface area contributed by atoms with Crippen molar-refractivity contribution in [2.45, 2.75) is 13.0 Å². The molecule has 0 spiro atoms. The van der Waals surface area contributed by atoms with Gasteiger partial charge < -0.3 is 10.6 Å².